The molecule has 0 saturated carbocycles. The molecule has 3 rings (SSSR count). The molecule has 0 aliphatic rings. The zero-order chi connectivity index (χ0) is 28.7. The minimum Gasteiger partial charge on any atom is -0.494 e. The molecule has 0 radical (unpaired) electrons. The Kier molecular flexibility index (Phi) is 9.61. The van der Waals surface area contributed by atoms with E-state index in [1.807, 2.05) is 19.9 Å². The number of rotatable bonds is 11. The summed E-state index contributed by atoms with van der Waals surface area (Å²) in [6.07, 6.45) is 0. The quantitative estimate of drug-likeness (QED) is 0.305. The predicted octanol–water partition coefficient (Wildman–Crippen LogP) is 2.91. The van der Waals surface area contributed by atoms with Crippen molar-refractivity contribution in [2.24, 2.45) is 5.73 Å². The van der Waals surface area contributed by atoms with Gasteiger partial charge in [-0.3, -0.25) is 24.1 Å². The predicted molar refractivity (Wildman–Crippen MR) is 148 cm³/mol. The molecule has 0 saturated heterocycles. The summed E-state index contributed by atoms with van der Waals surface area (Å²) in [6, 6.07) is 10.8. The van der Waals surface area contributed by atoms with Gasteiger partial charge in [0.1, 0.15) is 23.2 Å². The molecule has 0 fully saturated rings. The lowest BCUT2D eigenvalue weighted by atomic mass is 10.0. The molecule has 206 valence electrons. The molecule has 1 aromatic heterocycles. The number of anilines is 2. The third kappa shape index (κ3) is 6.71. The van der Waals surface area contributed by atoms with Gasteiger partial charge in [0, 0.05) is 5.69 Å². The number of carbonyl (C=O) groups is 4. The monoisotopic (exact) mass is 553 g/mol. The maximum Gasteiger partial charge on any atom is 0.325 e. The van der Waals surface area contributed by atoms with Crippen molar-refractivity contribution in [3.8, 4) is 5.75 Å². The molecule has 11 nitrogen and oxygen atoms in total. The number of aryl methyl sites for hydroxylation is 2. The van der Waals surface area contributed by atoms with Crippen molar-refractivity contribution in [2.75, 3.05) is 30.4 Å². The molecular formula is C27H31N5O6S. The van der Waals surface area contributed by atoms with E-state index in [0.717, 1.165) is 5.56 Å². The molecular weight excluding hydrogens is 522 g/mol. The Hall–Kier alpha value is -4.45. The second-order valence-corrected chi connectivity index (χ2v) is 9.30. The first-order valence-electron chi connectivity index (χ1n) is 12.2. The summed E-state index contributed by atoms with van der Waals surface area (Å²) in [4.78, 5) is 52.9. The van der Waals surface area contributed by atoms with Gasteiger partial charge in [0.2, 0.25) is 5.91 Å². The van der Waals surface area contributed by atoms with Gasteiger partial charge in [0.05, 0.1) is 18.9 Å². The second-order valence-electron chi connectivity index (χ2n) is 8.53. The van der Waals surface area contributed by atoms with Gasteiger partial charge in [-0.25, -0.2) is 0 Å². The largest absolute Gasteiger partial charge is 0.494 e. The maximum atomic E-state index is 14.1. The van der Waals surface area contributed by atoms with E-state index in [-0.39, 0.29) is 22.9 Å². The first-order valence-corrected chi connectivity index (χ1v) is 13.0. The summed E-state index contributed by atoms with van der Waals surface area (Å²) in [7, 11) is 0. The number of esters is 1. The first kappa shape index (κ1) is 29.1. The highest BCUT2D eigenvalue weighted by molar-refractivity contribution is 7.09. The number of ether oxygens (including phenoxy) is 2. The van der Waals surface area contributed by atoms with Gasteiger partial charge in [-0.05, 0) is 68.6 Å². The molecule has 0 spiro atoms. The number of nitrogen functional groups attached to an aromatic ring is 1. The molecule has 1 heterocycles. The topological polar surface area (TPSA) is 167 Å². The van der Waals surface area contributed by atoms with Crippen LogP contribution in [0, 0.1) is 13.8 Å². The lowest BCUT2D eigenvalue weighted by Crippen LogP contribution is -2.45. The summed E-state index contributed by atoms with van der Waals surface area (Å²) >= 11 is 0.710. The summed E-state index contributed by atoms with van der Waals surface area (Å²) in [5.41, 5.74) is 13.6. The number of hydrogen-bond acceptors (Lipinski definition) is 9. The van der Waals surface area contributed by atoms with E-state index in [4.69, 9.17) is 20.9 Å². The average molecular weight is 554 g/mol. The lowest BCUT2D eigenvalue weighted by Gasteiger charge is -2.32. The van der Waals surface area contributed by atoms with Crippen molar-refractivity contribution in [2.45, 2.75) is 33.7 Å². The van der Waals surface area contributed by atoms with E-state index in [2.05, 4.69) is 9.69 Å². The summed E-state index contributed by atoms with van der Waals surface area (Å²) in [5.74, 6) is -2.24. The minimum atomic E-state index is -1.25. The summed E-state index contributed by atoms with van der Waals surface area (Å²) < 4.78 is 14.4. The minimum absolute atomic E-state index is 0.0575. The standard InChI is InChI=1S/C27H31N5O6S/c1-5-37-18-10-8-17(9-11-18)23(26(35)30-14-20(33)38-6-2)32(19-12-7-15(3)13-16(19)4)27(36)24-21(28)22(25(29)34)31-39-24/h7-13,23H,5-6,14,28H2,1-4H3,(H2,29,34)(H,30,35). The van der Waals surface area contributed by atoms with Crippen molar-refractivity contribution in [3.63, 3.8) is 0 Å². The molecule has 1 unspecified atom stereocenters. The second kappa shape index (κ2) is 12.9. The normalized spacial score (nSPS) is 11.4. The van der Waals surface area contributed by atoms with Gasteiger partial charge < -0.3 is 26.3 Å². The first-order chi connectivity index (χ1) is 18.6. The van der Waals surface area contributed by atoms with Crippen LogP contribution in [-0.2, 0) is 14.3 Å². The van der Waals surface area contributed by atoms with Crippen LogP contribution in [-0.4, -0.2) is 47.8 Å². The van der Waals surface area contributed by atoms with Gasteiger partial charge in [0.15, 0.2) is 5.69 Å². The number of nitrogens with zero attached hydrogens (tertiary/aromatic N) is 2. The molecule has 2 aromatic carbocycles. The Balaban J connectivity index is 2.19. The van der Waals surface area contributed by atoms with Gasteiger partial charge in [0.25, 0.3) is 11.8 Å². The maximum absolute atomic E-state index is 14.1. The summed E-state index contributed by atoms with van der Waals surface area (Å²) in [5, 5.41) is 2.57. The average Bonchev–Trinajstić information content (AvgIpc) is 3.28. The number of benzene rings is 2. The molecule has 3 aromatic rings. The van der Waals surface area contributed by atoms with Crippen LogP contribution in [0.5, 0.6) is 5.75 Å². The third-order valence-electron chi connectivity index (χ3n) is 5.71. The van der Waals surface area contributed by atoms with Crippen LogP contribution in [0.4, 0.5) is 11.4 Å². The molecule has 39 heavy (non-hydrogen) atoms. The van der Waals surface area contributed by atoms with Crippen LogP contribution in [0.25, 0.3) is 0 Å². The smallest absolute Gasteiger partial charge is 0.325 e. The molecule has 0 aliphatic heterocycles. The van der Waals surface area contributed by atoms with E-state index < -0.39 is 36.3 Å². The molecule has 1 atom stereocenters. The zero-order valence-electron chi connectivity index (χ0n) is 22.1. The van der Waals surface area contributed by atoms with Crippen molar-refractivity contribution in [3.05, 3.63) is 69.7 Å². The highest BCUT2D eigenvalue weighted by Gasteiger charge is 2.37. The van der Waals surface area contributed by atoms with E-state index >= 15 is 0 Å². The van der Waals surface area contributed by atoms with Crippen molar-refractivity contribution >= 4 is 46.6 Å². The number of primary amides is 1. The van der Waals surface area contributed by atoms with Crippen LogP contribution in [0.1, 0.15) is 56.7 Å². The third-order valence-corrected chi connectivity index (χ3v) is 6.56. The van der Waals surface area contributed by atoms with Crippen LogP contribution < -0.4 is 26.4 Å². The van der Waals surface area contributed by atoms with Crippen LogP contribution in [0.2, 0.25) is 0 Å². The van der Waals surface area contributed by atoms with E-state index in [1.54, 1.807) is 50.2 Å². The number of hydrogen-bond donors (Lipinski definition) is 3. The number of nitrogens with two attached hydrogens (primary N) is 2. The highest BCUT2D eigenvalue weighted by Crippen LogP contribution is 2.35. The fourth-order valence-corrected chi connectivity index (χ4v) is 4.72. The highest BCUT2D eigenvalue weighted by atomic mass is 32.1. The Morgan fingerprint density at radius 2 is 1.74 bits per heavy atom. The van der Waals surface area contributed by atoms with Gasteiger partial charge in [-0.2, -0.15) is 4.37 Å². The fraction of sp³-hybridized carbons (Fsp3) is 0.296. The van der Waals surface area contributed by atoms with Crippen molar-refractivity contribution < 1.29 is 28.7 Å². The number of amides is 3. The van der Waals surface area contributed by atoms with Gasteiger partial charge in [-0.1, -0.05) is 29.8 Å². The number of carbonyl (C=O) groups excluding carboxylic acids is 4. The Morgan fingerprint density at radius 1 is 1.05 bits per heavy atom. The Morgan fingerprint density at radius 3 is 2.31 bits per heavy atom. The molecule has 5 N–H and O–H groups in total. The van der Waals surface area contributed by atoms with Crippen molar-refractivity contribution in [1.29, 1.82) is 0 Å². The molecule has 0 aliphatic carbocycles. The SMILES string of the molecule is CCOC(=O)CNC(=O)C(c1ccc(OCC)cc1)N(C(=O)c1snc(C(N)=O)c1N)c1ccc(C)cc1C. The van der Waals surface area contributed by atoms with Gasteiger partial charge >= 0.3 is 5.97 Å². The van der Waals surface area contributed by atoms with E-state index in [9.17, 15) is 19.2 Å². The van der Waals surface area contributed by atoms with Crippen LogP contribution >= 0.6 is 11.5 Å². The van der Waals surface area contributed by atoms with Crippen LogP contribution in [0.15, 0.2) is 42.5 Å². The van der Waals surface area contributed by atoms with Crippen molar-refractivity contribution in [1.82, 2.24) is 9.69 Å². The zero-order valence-corrected chi connectivity index (χ0v) is 23.0. The number of aromatic nitrogens is 1. The Bertz CT molecular complexity index is 1370. The molecule has 12 heteroatoms. The van der Waals surface area contributed by atoms with E-state index in [1.165, 1.54) is 4.90 Å². The van der Waals surface area contributed by atoms with Crippen LogP contribution in [0.3, 0.4) is 0 Å². The summed E-state index contributed by atoms with van der Waals surface area (Å²) in [6.45, 7) is 7.41. The number of nitrogens with one attached hydrogen (secondary N) is 1. The molecule has 3 amide bonds. The fourth-order valence-electron chi connectivity index (χ4n) is 3.98. The van der Waals surface area contributed by atoms with Gasteiger partial charge in [-0.15, -0.1) is 0 Å². The van der Waals surface area contributed by atoms with E-state index in [0.29, 0.717) is 40.7 Å². The Labute approximate surface area is 230 Å². The molecule has 0 bridgehead atoms. The lowest BCUT2D eigenvalue weighted by molar-refractivity contribution is -0.143.